The Morgan fingerprint density at radius 1 is 0.939 bits per heavy atom. The molecule has 176 valence electrons. The van der Waals surface area contributed by atoms with Crippen molar-refractivity contribution in [2.75, 3.05) is 6.61 Å². The molecular formula is C23H20ClF3O5S. The third-order valence-corrected chi connectivity index (χ3v) is 7.13. The van der Waals surface area contributed by atoms with Gasteiger partial charge in [-0.05, 0) is 47.5 Å². The van der Waals surface area contributed by atoms with Gasteiger partial charge in [-0.15, -0.1) is 11.3 Å². The van der Waals surface area contributed by atoms with Crippen LogP contribution in [-0.4, -0.2) is 51.4 Å². The highest BCUT2D eigenvalue weighted by Crippen LogP contribution is 2.45. The largest absolute Gasteiger partial charge is 0.394 e. The van der Waals surface area contributed by atoms with Crippen LogP contribution in [0.15, 0.2) is 54.6 Å². The van der Waals surface area contributed by atoms with E-state index in [0.29, 0.717) is 10.4 Å². The van der Waals surface area contributed by atoms with Crippen molar-refractivity contribution in [3.05, 3.63) is 81.4 Å². The highest BCUT2D eigenvalue weighted by Gasteiger charge is 2.45. The van der Waals surface area contributed by atoms with Gasteiger partial charge in [-0.1, -0.05) is 29.8 Å². The van der Waals surface area contributed by atoms with E-state index in [1.54, 1.807) is 0 Å². The number of hydrogen-bond acceptors (Lipinski definition) is 6. The summed E-state index contributed by atoms with van der Waals surface area (Å²) in [5.74, 6) is -3.94. The Morgan fingerprint density at radius 3 is 2.30 bits per heavy atom. The predicted molar refractivity (Wildman–Crippen MR) is 117 cm³/mol. The van der Waals surface area contributed by atoms with E-state index in [9.17, 15) is 24.8 Å². The van der Waals surface area contributed by atoms with Gasteiger partial charge >= 0.3 is 5.92 Å². The monoisotopic (exact) mass is 500 g/mol. The van der Waals surface area contributed by atoms with E-state index < -0.39 is 54.4 Å². The van der Waals surface area contributed by atoms with Crippen molar-refractivity contribution in [3.63, 3.8) is 0 Å². The molecule has 1 aliphatic rings. The molecule has 2 aromatic carbocycles. The van der Waals surface area contributed by atoms with Crippen LogP contribution in [0.1, 0.15) is 22.1 Å². The molecule has 0 aliphatic carbocycles. The third kappa shape index (κ3) is 4.54. The first kappa shape index (κ1) is 24.2. The molecule has 0 amide bonds. The van der Waals surface area contributed by atoms with Crippen molar-refractivity contribution < 1.29 is 38.3 Å². The van der Waals surface area contributed by atoms with Crippen molar-refractivity contribution in [3.8, 4) is 10.4 Å². The van der Waals surface area contributed by atoms with Crippen LogP contribution in [0.3, 0.4) is 0 Å². The number of hydrogen-bond donors (Lipinski definition) is 4. The van der Waals surface area contributed by atoms with E-state index in [4.69, 9.17) is 16.3 Å². The highest BCUT2D eigenvalue weighted by molar-refractivity contribution is 7.15. The topological polar surface area (TPSA) is 90.2 Å². The molecule has 0 spiro atoms. The fourth-order valence-electron chi connectivity index (χ4n) is 3.75. The molecule has 5 atom stereocenters. The molecule has 1 saturated heterocycles. The van der Waals surface area contributed by atoms with Crippen LogP contribution in [0.25, 0.3) is 10.4 Å². The normalized spacial score (nSPS) is 25.9. The maximum absolute atomic E-state index is 15.5. The molecule has 0 saturated carbocycles. The van der Waals surface area contributed by atoms with Crippen LogP contribution in [0.2, 0.25) is 5.02 Å². The van der Waals surface area contributed by atoms with Gasteiger partial charge in [-0.3, -0.25) is 0 Å². The van der Waals surface area contributed by atoms with Gasteiger partial charge in [0.1, 0.15) is 36.3 Å². The first-order chi connectivity index (χ1) is 15.6. The lowest BCUT2D eigenvalue weighted by Gasteiger charge is -2.40. The minimum Gasteiger partial charge on any atom is -0.394 e. The molecule has 2 heterocycles. The molecule has 0 radical (unpaired) electrons. The second kappa shape index (κ2) is 9.34. The summed E-state index contributed by atoms with van der Waals surface area (Å²) in [6, 6.07) is 11.9. The Kier molecular flexibility index (Phi) is 6.84. The summed E-state index contributed by atoms with van der Waals surface area (Å²) >= 11 is 6.94. The first-order valence-corrected chi connectivity index (χ1v) is 11.2. The molecule has 1 aromatic heterocycles. The Morgan fingerprint density at radius 2 is 1.64 bits per heavy atom. The molecule has 0 unspecified atom stereocenters. The number of benzene rings is 2. The number of aliphatic hydroxyl groups is 4. The number of thiophene rings is 1. The van der Waals surface area contributed by atoms with Crippen LogP contribution in [0.5, 0.6) is 0 Å². The van der Waals surface area contributed by atoms with Crippen molar-refractivity contribution in [2.45, 2.75) is 36.4 Å². The summed E-state index contributed by atoms with van der Waals surface area (Å²) in [5, 5.41) is 39.5. The first-order valence-electron chi connectivity index (χ1n) is 9.98. The van der Waals surface area contributed by atoms with E-state index in [-0.39, 0.29) is 15.5 Å². The van der Waals surface area contributed by atoms with Gasteiger partial charge in [0.25, 0.3) is 0 Å². The van der Waals surface area contributed by atoms with Crippen LogP contribution < -0.4 is 0 Å². The van der Waals surface area contributed by atoms with Gasteiger partial charge in [0.05, 0.1) is 16.5 Å². The summed E-state index contributed by atoms with van der Waals surface area (Å²) in [7, 11) is 0. The van der Waals surface area contributed by atoms with Crippen LogP contribution >= 0.6 is 22.9 Å². The number of rotatable bonds is 5. The van der Waals surface area contributed by atoms with Crippen LogP contribution in [0.4, 0.5) is 13.2 Å². The van der Waals surface area contributed by atoms with Gasteiger partial charge in [-0.2, -0.15) is 8.78 Å². The lowest BCUT2D eigenvalue weighted by atomic mass is 9.90. The summed E-state index contributed by atoms with van der Waals surface area (Å²) in [4.78, 5) is 0.223. The number of alkyl halides is 2. The molecule has 3 aromatic rings. The molecule has 10 heteroatoms. The average molecular weight is 501 g/mol. The molecule has 0 bridgehead atoms. The van der Waals surface area contributed by atoms with E-state index in [1.807, 2.05) is 0 Å². The molecular weight excluding hydrogens is 481 g/mol. The maximum atomic E-state index is 15.5. The van der Waals surface area contributed by atoms with Gasteiger partial charge < -0.3 is 25.2 Å². The predicted octanol–water partition coefficient (Wildman–Crippen LogP) is 3.86. The van der Waals surface area contributed by atoms with Crippen LogP contribution in [0, 0.1) is 5.82 Å². The van der Waals surface area contributed by atoms with Crippen molar-refractivity contribution in [1.29, 1.82) is 0 Å². The van der Waals surface area contributed by atoms with Crippen molar-refractivity contribution in [1.82, 2.24) is 0 Å². The second-order valence-corrected chi connectivity index (χ2v) is 9.22. The van der Waals surface area contributed by atoms with E-state index in [2.05, 4.69) is 0 Å². The Balaban J connectivity index is 1.68. The summed E-state index contributed by atoms with van der Waals surface area (Å²) in [5.41, 5.74) is 0.150. The van der Waals surface area contributed by atoms with Crippen molar-refractivity contribution >= 4 is 22.9 Å². The second-order valence-electron chi connectivity index (χ2n) is 7.73. The average Bonchev–Trinajstić information content (AvgIpc) is 3.30. The zero-order chi connectivity index (χ0) is 23.9. The lowest BCUT2D eigenvalue weighted by Crippen LogP contribution is -2.55. The van der Waals surface area contributed by atoms with Crippen LogP contribution in [-0.2, 0) is 10.7 Å². The Labute approximate surface area is 196 Å². The van der Waals surface area contributed by atoms with Gasteiger partial charge in [0.15, 0.2) is 0 Å². The zero-order valence-corrected chi connectivity index (χ0v) is 18.5. The van der Waals surface area contributed by atoms with Gasteiger partial charge in [-0.25, -0.2) is 4.39 Å². The fraction of sp³-hybridized carbons (Fsp3) is 0.304. The number of halogens is 4. The quantitative estimate of drug-likeness (QED) is 0.427. The van der Waals surface area contributed by atoms with E-state index >= 15 is 8.78 Å². The summed E-state index contributed by atoms with van der Waals surface area (Å²) in [6.45, 7) is -0.639. The standard InChI is InChI=1S/C23H20ClF3O5S/c24-15-6-3-12(22-21(31)20(30)19(29)16(10-28)32-22)9-14(15)23(26,27)18-8-7-17(33-18)11-1-4-13(25)5-2-11/h1-9,16,19-22,28-31H,10H2/t16-,19-,20+,21-,22+/m1/s1. The molecule has 5 nitrogen and oxygen atoms in total. The summed E-state index contributed by atoms with van der Waals surface area (Å²) < 4.78 is 49.6. The Bertz CT molecular complexity index is 1120. The molecule has 4 N–H and O–H groups in total. The van der Waals surface area contributed by atoms with Crippen molar-refractivity contribution in [2.24, 2.45) is 0 Å². The molecule has 33 heavy (non-hydrogen) atoms. The minimum absolute atomic E-state index is 0.0984. The minimum atomic E-state index is -3.51. The van der Waals surface area contributed by atoms with Gasteiger partial charge in [0.2, 0.25) is 0 Å². The SMILES string of the molecule is OC[C@H]1O[C@@H](c2ccc(Cl)c(C(F)(F)c3ccc(-c4ccc(F)cc4)s3)c2)[C@H](O)[C@@H](O)[C@@H]1O. The number of ether oxygens (including phenoxy) is 1. The molecule has 4 rings (SSSR count). The molecule has 1 fully saturated rings. The third-order valence-electron chi connectivity index (χ3n) is 5.59. The molecule has 1 aliphatic heterocycles. The fourth-order valence-corrected chi connectivity index (χ4v) is 4.98. The summed E-state index contributed by atoms with van der Waals surface area (Å²) in [6.07, 6.45) is -7.27. The maximum Gasteiger partial charge on any atom is 0.308 e. The lowest BCUT2D eigenvalue weighted by molar-refractivity contribution is -0.231. The Hall–Kier alpha value is -1.98. The zero-order valence-electron chi connectivity index (χ0n) is 16.9. The van der Waals surface area contributed by atoms with Gasteiger partial charge in [0, 0.05) is 10.4 Å². The smallest absolute Gasteiger partial charge is 0.308 e. The van der Waals surface area contributed by atoms with E-state index in [0.717, 1.165) is 17.4 Å². The highest BCUT2D eigenvalue weighted by atomic mass is 35.5. The van der Waals surface area contributed by atoms with E-state index in [1.165, 1.54) is 48.5 Å². The number of aliphatic hydroxyl groups excluding tert-OH is 4.